The smallest absolute Gasteiger partial charge is 0.0353 e. The maximum Gasteiger partial charge on any atom is 0.0353 e. The Bertz CT molecular complexity index is 379. The summed E-state index contributed by atoms with van der Waals surface area (Å²) in [4.78, 5) is 3.99. The van der Waals surface area contributed by atoms with Crippen molar-refractivity contribution in [3.8, 4) is 0 Å². The SMILES string of the molecule is Cc1ccc2cnc[c]c2c1. The fourth-order valence-electron chi connectivity index (χ4n) is 1.13. The molecule has 1 radical (unpaired) electrons. The fraction of sp³-hybridized carbons (Fsp3) is 0.100. The van der Waals surface area contributed by atoms with Gasteiger partial charge in [0.1, 0.15) is 0 Å². The molecule has 11 heavy (non-hydrogen) atoms. The van der Waals surface area contributed by atoms with E-state index in [1.54, 1.807) is 6.20 Å². The first-order chi connectivity index (χ1) is 5.36. The van der Waals surface area contributed by atoms with Crippen LogP contribution in [0.25, 0.3) is 10.8 Å². The van der Waals surface area contributed by atoms with E-state index < -0.39 is 0 Å². The van der Waals surface area contributed by atoms with E-state index in [-0.39, 0.29) is 0 Å². The topological polar surface area (TPSA) is 12.9 Å². The van der Waals surface area contributed by atoms with Crippen LogP contribution in [0.1, 0.15) is 5.56 Å². The molecule has 1 heteroatoms. The quantitative estimate of drug-likeness (QED) is 0.550. The Labute approximate surface area is 65.7 Å². The number of fused-ring (bicyclic) bond motifs is 1. The van der Waals surface area contributed by atoms with Crippen molar-refractivity contribution in [3.05, 3.63) is 42.2 Å². The van der Waals surface area contributed by atoms with Crippen LogP contribution in [0.3, 0.4) is 0 Å². The van der Waals surface area contributed by atoms with Crippen LogP contribution in [0.2, 0.25) is 0 Å². The van der Waals surface area contributed by atoms with Gasteiger partial charge in [0, 0.05) is 23.8 Å². The molecular weight excluding hydrogens is 134 g/mol. The highest BCUT2D eigenvalue weighted by Gasteiger charge is 1.90. The summed E-state index contributed by atoms with van der Waals surface area (Å²) in [6, 6.07) is 9.33. The van der Waals surface area contributed by atoms with Crippen LogP contribution in [0.4, 0.5) is 0 Å². The maximum absolute atomic E-state index is 3.99. The lowest BCUT2D eigenvalue weighted by atomic mass is 10.1. The molecule has 0 aliphatic carbocycles. The minimum absolute atomic E-state index is 1.14. The zero-order valence-corrected chi connectivity index (χ0v) is 6.33. The van der Waals surface area contributed by atoms with Crippen molar-refractivity contribution in [1.82, 2.24) is 4.98 Å². The highest BCUT2D eigenvalue weighted by atomic mass is 14.6. The van der Waals surface area contributed by atoms with Gasteiger partial charge in [0.25, 0.3) is 0 Å². The average Bonchev–Trinajstić information content (AvgIpc) is 2.04. The summed E-state index contributed by atoms with van der Waals surface area (Å²) in [5.74, 6) is 0. The largest absolute Gasteiger partial charge is 0.263 e. The van der Waals surface area contributed by atoms with Crippen LogP contribution in [0, 0.1) is 13.0 Å². The number of aryl methyl sites for hydroxylation is 1. The van der Waals surface area contributed by atoms with Gasteiger partial charge < -0.3 is 0 Å². The Hall–Kier alpha value is -1.37. The lowest BCUT2D eigenvalue weighted by Crippen LogP contribution is -1.76. The summed E-state index contributed by atoms with van der Waals surface area (Å²) in [6.07, 6.45) is 3.55. The molecule has 1 aromatic heterocycles. The Kier molecular flexibility index (Phi) is 1.35. The summed E-state index contributed by atoms with van der Waals surface area (Å²) in [5.41, 5.74) is 1.26. The normalized spacial score (nSPS) is 10.3. The van der Waals surface area contributed by atoms with Crippen LogP contribution in [-0.2, 0) is 0 Å². The minimum atomic E-state index is 1.14. The summed E-state index contributed by atoms with van der Waals surface area (Å²) in [7, 11) is 0. The van der Waals surface area contributed by atoms with E-state index in [9.17, 15) is 0 Å². The van der Waals surface area contributed by atoms with Crippen LogP contribution in [0.5, 0.6) is 0 Å². The number of aromatic nitrogens is 1. The molecule has 0 aliphatic rings. The molecule has 0 aliphatic heterocycles. The standard InChI is InChI=1S/C10H8N/c1-8-2-3-10-7-11-5-4-9(10)6-8/h2-3,5-7H,1H3. The fourth-order valence-corrected chi connectivity index (χ4v) is 1.13. The summed E-state index contributed by atoms with van der Waals surface area (Å²) >= 11 is 0. The second kappa shape index (κ2) is 2.35. The molecule has 1 aromatic carbocycles. The van der Waals surface area contributed by atoms with Crippen molar-refractivity contribution in [2.75, 3.05) is 0 Å². The van der Waals surface area contributed by atoms with E-state index in [2.05, 4.69) is 36.2 Å². The first kappa shape index (κ1) is 6.35. The van der Waals surface area contributed by atoms with Gasteiger partial charge in [0.15, 0.2) is 0 Å². The Balaban J connectivity index is 2.83. The summed E-state index contributed by atoms with van der Waals surface area (Å²) < 4.78 is 0. The number of hydrogen-bond acceptors (Lipinski definition) is 1. The summed E-state index contributed by atoms with van der Waals surface area (Å²) in [5, 5.41) is 2.29. The molecule has 0 N–H and O–H groups in total. The maximum atomic E-state index is 3.99. The van der Waals surface area contributed by atoms with Crippen molar-refractivity contribution in [2.45, 2.75) is 6.92 Å². The van der Waals surface area contributed by atoms with Gasteiger partial charge in [0.2, 0.25) is 0 Å². The van der Waals surface area contributed by atoms with Gasteiger partial charge in [-0.3, -0.25) is 4.98 Å². The van der Waals surface area contributed by atoms with Crippen molar-refractivity contribution >= 4 is 10.8 Å². The van der Waals surface area contributed by atoms with E-state index in [1.807, 2.05) is 6.20 Å². The number of pyridine rings is 1. The van der Waals surface area contributed by atoms with Crippen LogP contribution in [0.15, 0.2) is 30.6 Å². The van der Waals surface area contributed by atoms with Gasteiger partial charge in [-0.25, -0.2) is 0 Å². The molecule has 0 saturated carbocycles. The molecule has 0 saturated heterocycles. The molecule has 0 bridgehead atoms. The Morgan fingerprint density at radius 1 is 1.36 bits per heavy atom. The lowest BCUT2D eigenvalue weighted by molar-refractivity contribution is 1.35. The average molecular weight is 142 g/mol. The van der Waals surface area contributed by atoms with E-state index in [4.69, 9.17) is 0 Å². The van der Waals surface area contributed by atoms with Gasteiger partial charge in [-0.1, -0.05) is 23.8 Å². The van der Waals surface area contributed by atoms with Crippen molar-refractivity contribution in [2.24, 2.45) is 0 Å². The Morgan fingerprint density at radius 2 is 2.27 bits per heavy atom. The highest BCUT2D eigenvalue weighted by molar-refractivity contribution is 5.81. The molecule has 0 spiro atoms. The zero-order chi connectivity index (χ0) is 7.68. The molecule has 2 rings (SSSR count). The van der Waals surface area contributed by atoms with E-state index >= 15 is 0 Å². The van der Waals surface area contributed by atoms with E-state index in [1.165, 1.54) is 5.56 Å². The molecule has 0 unspecified atom stereocenters. The second-order valence-electron chi connectivity index (χ2n) is 2.64. The molecular formula is C10H8N. The van der Waals surface area contributed by atoms with Gasteiger partial charge in [-0.05, 0) is 12.3 Å². The van der Waals surface area contributed by atoms with Gasteiger partial charge in [0.05, 0.1) is 0 Å². The molecule has 1 nitrogen and oxygen atoms in total. The van der Waals surface area contributed by atoms with Crippen molar-refractivity contribution < 1.29 is 0 Å². The first-order valence-electron chi connectivity index (χ1n) is 3.58. The minimum Gasteiger partial charge on any atom is -0.263 e. The van der Waals surface area contributed by atoms with Gasteiger partial charge >= 0.3 is 0 Å². The Morgan fingerprint density at radius 3 is 3.18 bits per heavy atom. The third kappa shape index (κ3) is 1.09. The third-order valence-corrected chi connectivity index (χ3v) is 1.72. The molecule has 0 amide bonds. The van der Waals surface area contributed by atoms with E-state index in [0.29, 0.717) is 0 Å². The highest BCUT2D eigenvalue weighted by Crippen LogP contribution is 2.12. The predicted octanol–water partition coefficient (Wildman–Crippen LogP) is 2.34. The molecule has 2 aromatic rings. The number of hydrogen-bond donors (Lipinski definition) is 0. The number of nitrogens with zero attached hydrogens (tertiary/aromatic N) is 1. The second-order valence-corrected chi connectivity index (χ2v) is 2.64. The molecule has 1 heterocycles. The monoisotopic (exact) mass is 142 g/mol. The molecule has 53 valence electrons. The zero-order valence-electron chi connectivity index (χ0n) is 6.33. The summed E-state index contributed by atoms with van der Waals surface area (Å²) in [6.45, 7) is 2.08. The van der Waals surface area contributed by atoms with Crippen LogP contribution in [-0.4, -0.2) is 4.98 Å². The third-order valence-electron chi connectivity index (χ3n) is 1.72. The molecule has 0 fully saturated rings. The van der Waals surface area contributed by atoms with Crippen LogP contribution >= 0.6 is 0 Å². The predicted molar refractivity (Wildman–Crippen MR) is 45.3 cm³/mol. The van der Waals surface area contributed by atoms with Crippen molar-refractivity contribution in [1.29, 1.82) is 0 Å². The van der Waals surface area contributed by atoms with Crippen LogP contribution < -0.4 is 0 Å². The molecule has 0 atom stereocenters. The number of benzene rings is 1. The van der Waals surface area contributed by atoms with Crippen molar-refractivity contribution in [3.63, 3.8) is 0 Å². The van der Waals surface area contributed by atoms with E-state index in [0.717, 1.165) is 10.8 Å². The van der Waals surface area contributed by atoms with Gasteiger partial charge in [-0.15, -0.1) is 0 Å². The number of rotatable bonds is 0. The first-order valence-corrected chi connectivity index (χ1v) is 3.58. The lowest BCUT2D eigenvalue weighted by Gasteiger charge is -1.95. The van der Waals surface area contributed by atoms with Gasteiger partial charge in [-0.2, -0.15) is 0 Å².